The molecule has 2 aliphatic rings. The monoisotopic (exact) mass is 943 g/mol. The van der Waals surface area contributed by atoms with Gasteiger partial charge >= 0.3 is 0 Å². The molecule has 2 aromatic rings. The third-order valence-corrected chi connectivity index (χ3v) is 13.4. The molecule has 2 aliphatic heterocycles. The molecule has 1 saturated heterocycles. The summed E-state index contributed by atoms with van der Waals surface area (Å²) in [6.45, 7) is 9.32. The maximum atomic E-state index is 6.77. The van der Waals surface area contributed by atoms with Crippen molar-refractivity contribution >= 4 is 10.8 Å². The highest BCUT2D eigenvalue weighted by Gasteiger charge is 2.48. The van der Waals surface area contributed by atoms with Gasteiger partial charge in [-0.25, -0.2) is 0 Å². The number of methoxy groups -OCH3 is 1. The molecule has 1 fully saturated rings. The molecular formula is C57H98O10. The van der Waals surface area contributed by atoms with Gasteiger partial charge in [-0.2, -0.15) is 0 Å². The lowest BCUT2D eigenvalue weighted by atomic mass is 9.98. The van der Waals surface area contributed by atoms with E-state index in [4.69, 9.17) is 47.4 Å². The van der Waals surface area contributed by atoms with Crippen LogP contribution in [0.15, 0.2) is 36.4 Å². The van der Waals surface area contributed by atoms with Crippen molar-refractivity contribution in [3.8, 4) is 11.5 Å². The molecule has 0 amide bonds. The van der Waals surface area contributed by atoms with Gasteiger partial charge in [-0.1, -0.05) is 205 Å². The van der Waals surface area contributed by atoms with Crippen LogP contribution < -0.4 is 9.47 Å². The van der Waals surface area contributed by atoms with E-state index in [1.54, 1.807) is 7.11 Å². The van der Waals surface area contributed by atoms with E-state index in [-0.39, 0.29) is 6.10 Å². The Balaban J connectivity index is 1.25. The molecule has 2 heterocycles. The maximum Gasteiger partial charge on any atom is 0.186 e. The summed E-state index contributed by atoms with van der Waals surface area (Å²) in [5.41, 5.74) is 0. The number of unbranched alkanes of at least 4 members (excludes halogenated alkanes) is 26. The van der Waals surface area contributed by atoms with Gasteiger partial charge in [0, 0.05) is 20.3 Å². The predicted molar refractivity (Wildman–Crippen MR) is 273 cm³/mol. The molecule has 0 bridgehead atoms. The van der Waals surface area contributed by atoms with Gasteiger partial charge in [-0.3, -0.25) is 0 Å². The zero-order chi connectivity index (χ0) is 47.1. The van der Waals surface area contributed by atoms with Crippen LogP contribution in [0.25, 0.3) is 10.8 Å². The van der Waals surface area contributed by atoms with Crippen molar-refractivity contribution in [3.05, 3.63) is 36.4 Å². The molecule has 10 heteroatoms. The van der Waals surface area contributed by atoms with E-state index in [2.05, 4.69) is 26.0 Å². The van der Waals surface area contributed by atoms with Gasteiger partial charge < -0.3 is 47.4 Å². The SMILES string of the molecule is CCCCCCCCCCCCCCCCOC[C@H]1O[C@H](OC)[C@@H]2OCCOCCOc3cc4ccccc4cc3OCCOCCO[C@H]2[C@@H]1OCCCCCCCCCCCCCCCC. The molecule has 10 nitrogen and oxygen atoms in total. The minimum atomic E-state index is -0.657. The van der Waals surface area contributed by atoms with Crippen molar-refractivity contribution in [1.29, 1.82) is 0 Å². The van der Waals surface area contributed by atoms with Crippen LogP contribution in [0.2, 0.25) is 0 Å². The number of rotatable bonds is 34. The summed E-state index contributed by atoms with van der Waals surface area (Å²) in [6.07, 6.45) is 34.7. The van der Waals surface area contributed by atoms with E-state index in [0.717, 1.165) is 30.0 Å². The zero-order valence-electron chi connectivity index (χ0n) is 43.0. The fraction of sp³-hybridized carbons (Fsp3) is 0.825. The fourth-order valence-electron chi connectivity index (χ4n) is 9.42. The molecule has 67 heavy (non-hydrogen) atoms. The highest BCUT2D eigenvalue weighted by atomic mass is 16.7. The average molecular weight is 943 g/mol. The molecule has 2 aromatic carbocycles. The third kappa shape index (κ3) is 25.6. The largest absolute Gasteiger partial charge is 0.487 e. The van der Waals surface area contributed by atoms with Gasteiger partial charge in [0.05, 0.1) is 46.2 Å². The molecule has 0 aromatic heterocycles. The van der Waals surface area contributed by atoms with Crippen LogP contribution >= 0.6 is 0 Å². The van der Waals surface area contributed by atoms with Crippen LogP contribution in [0.5, 0.6) is 11.5 Å². The summed E-state index contributed by atoms with van der Waals surface area (Å²) in [5.74, 6) is 1.38. The molecule has 0 saturated carbocycles. The molecule has 0 unspecified atom stereocenters. The maximum absolute atomic E-state index is 6.77. The van der Waals surface area contributed by atoms with Crippen LogP contribution in [-0.4, -0.2) is 110 Å². The van der Waals surface area contributed by atoms with Gasteiger partial charge in [-0.05, 0) is 35.7 Å². The van der Waals surface area contributed by atoms with E-state index in [1.165, 1.54) is 161 Å². The van der Waals surface area contributed by atoms with Gasteiger partial charge in [0.15, 0.2) is 17.8 Å². The first-order valence-electron chi connectivity index (χ1n) is 27.8. The standard InChI is InChI=1S/C57H98O10/c1-4-6-8-10-12-14-16-18-20-22-24-26-28-32-36-61-48-53-54(64-37-33-29-27-25-23-21-19-17-15-13-11-9-7-5-2)55-56(57(58-3)67-53)66-45-41-60-39-43-63-52-47-50-35-31-30-34-49(50)46-51(52)62-42-38-59-40-44-65-55/h30-31,34-35,46-47,53-57H,4-29,32-33,36-45,48H2,1-3H3/t53-,54-,55+,56-,57+/m1/s1. The average Bonchev–Trinajstić information content (AvgIpc) is 3.34. The molecule has 0 N–H and O–H groups in total. The Morgan fingerprint density at radius 3 is 1.31 bits per heavy atom. The first-order valence-corrected chi connectivity index (χ1v) is 27.8. The Hall–Kier alpha value is -2.02. The first-order chi connectivity index (χ1) is 33.2. The lowest BCUT2D eigenvalue weighted by Crippen LogP contribution is -2.62. The Morgan fingerprint density at radius 1 is 0.463 bits per heavy atom. The normalized spacial score (nSPS) is 21.2. The summed E-state index contributed by atoms with van der Waals surface area (Å²) in [7, 11) is 1.66. The number of ether oxygens (including phenoxy) is 10. The smallest absolute Gasteiger partial charge is 0.186 e. The number of fused-ring (bicyclic) bond motifs is 3. The Labute approximate surface area is 408 Å². The molecule has 4 rings (SSSR count). The van der Waals surface area contributed by atoms with E-state index >= 15 is 0 Å². The van der Waals surface area contributed by atoms with Crippen molar-refractivity contribution < 1.29 is 47.4 Å². The summed E-state index contributed by atoms with van der Waals surface area (Å²) in [6, 6.07) is 12.2. The van der Waals surface area contributed by atoms with Crippen LogP contribution in [0.4, 0.5) is 0 Å². The van der Waals surface area contributed by atoms with E-state index < -0.39 is 24.6 Å². The predicted octanol–water partition coefficient (Wildman–Crippen LogP) is 14.2. The second-order valence-electron chi connectivity index (χ2n) is 19.1. The van der Waals surface area contributed by atoms with Crippen LogP contribution in [0, 0.1) is 0 Å². The highest BCUT2D eigenvalue weighted by molar-refractivity contribution is 5.86. The third-order valence-electron chi connectivity index (χ3n) is 13.4. The quantitative estimate of drug-likeness (QED) is 0.0632. The Bertz CT molecular complexity index is 1430. The topological polar surface area (TPSA) is 92.3 Å². The zero-order valence-corrected chi connectivity index (χ0v) is 43.0. The second-order valence-corrected chi connectivity index (χ2v) is 19.1. The van der Waals surface area contributed by atoms with Crippen molar-refractivity contribution in [3.63, 3.8) is 0 Å². The number of hydrogen-bond acceptors (Lipinski definition) is 10. The molecule has 0 radical (unpaired) electrons. The lowest BCUT2D eigenvalue weighted by molar-refractivity contribution is -0.319. The molecular weight excluding hydrogens is 845 g/mol. The van der Waals surface area contributed by atoms with Crippen molar-refractivity contribution in [2.24, 2.45) is 0 Å². The minimum absolute atomic E-state index is 0.334. The van der Waals surface area contributed by atoms with Crippen molar-refractivity contribution in [2.75, 3.05) is 79.8 Å². The Morgan fingerprint density at radius 2 is 0.866 bits per heavy atom. The molecule has 0 aliphatic carbocycles. The molecule has 5 atom stereocenters. The fourth-order valence-corrected chi connectivity index (χ4v) is 9.42. The van der Waals surface area contributed by atoms with Gasteiger partial charge in [0.25, 0.3) is 0 Å². The van der Waals surface area contributed by atoms with Crippen LogP contribution in [0.3, 0.4) is 0 Å². The first kappa shape index (κ1) is 57.6. The van der Waals surface area contributed by atoms with Gasteiger partial charge in [0.2, 0.25) is 0 Å². The molecule has 386 valence electrons. The van der Waals surface area contributed by atoms with E-state index in [0.29, 0.717) is 84.2 Å². The van der Waals surface area contributed by atoms with Gasteiger partial charge in [0.1, 0.15) is 37.6 Å². The Kier molecular flexibility index (Phi) is 34.1. The lowest BCUT2D eigenvalue weighted by Gasteiger charge is -2.45. The van der Waals surface area contributed by atoms with E-state index in [9.17, 15) is 0 Å². The summed E-state index contributed by atoms with van der Waals surface area (Å²) in [4.78, 5) is 0. The highest BCUT2D eigenvalue weighted by Crippen LogP contribution is 2.33. The minimum Gasteiger partial charge on any atom is -0.487 e. The number of benzene rings is 2. The number of hydrogen-bond donors (Lipinski definition) is 0. The van der Waals surface area contributed by atoms with Crippen molar-refractivity contribution in [2.45, 2.75) is 224 Å². The second kappa shape index (κ2) is 39.7. The van der Waals surface area contributed by atoms with E-state index in [1.807, 2.05) is 24.3 Å². The summed E-state index contributed by atoms with van der Waals surface area (Å²) in [5, 5.41) is 2.18. The summed E-state index contributed by atoms with van der Waals surface area (Å²) >= 11 is 0. The van der Waals surface area contributed by atoms with Crippen LogP contribution in [0.1, 0.15) is 194 Å². The van der Waals surface area contributed by atoms with Gasteiger partial charge in [-0.15, -0.1) is 0 Å². The van der Waals surface area contributed by atoms with Crippen LogP contribution in [-0.2, 0) is 37.9 Å². The summed E-state index contributed by atoms with van der Waals surface area (Å²) < 4.78 is 63.3. The molecule has 0 spiro atoms. The van der Waals surface area contributed by atoms with Crippen molar-refractivity contribution in [1.82, 2.24) is 0 Å².